The van der Waals surface area contributed by atoms with E-state index in [0.717, 1.165) is 18.5 Å². The summed E-state index contributed by atoms with van der Waals surface area (Å²) in [5.41, 5.74) is 1.94. The second-order valence-corrected chi connectivity index (χ2v) is 8.29. The van der Waals surface area contributed by atoms with E-state index < -0.39 is 6.04 Å². The summed E-state index contributed by atoms with van der Waals surface area (Å²) >= 11 is 0. The number of benzene rings is 2. The van der Waals surface area contributed by atoms with Crippen LogP contribution in [0, 0.1) is 11.7 Å². The fourth-order valence-corrected chi connectivity index (χ4v) is 4.14. The van der Waals surface area contributed by atoms with Crippen molar-refractivity contribution < 1.29 is 19.0 Å². The molecule has 0 spiro atoms. The van der Waals surface area contributed by atoms with Crippen LogP contribution in [0.2, 0.25) is 0 Å². The first kappa shape index (κ1) is 21.1. The van der Waals surface area contributed by atoms with Gasteiger partial charge in [0.1, 0.15) is 17.3 Å². The molecule has 0 saturated heterocycles. The number of phenolic OH excluding ortho intramolecular Hbond substituents is 1. The van der Waals surface area contributed by atoms with Crippen LogP contribution in [0.4, 0.5) is 9.18 Å². The lowest BCUT2D eigenvalue weighted by Gasteiger charge is -2.31. The van der Waals surface area contributed by atoms with Crippen LogP contribution in [0.25, 0.3) is 0 Å². The van der Waals surface area contributed by atoms with Crippen molar-refractivity contribution in [1.29, 1.82) is 0 Å². The number of hydrazone groups is 1. The number of ether oxygens (including phenoxy) is 1. The average molecular weight is 426 g/mol. The summed E-state index contributed by atoms with van der Waals surface area (Å²) in [7, 11) is 5.74. The summed E-state index contributed by atoms with van der Waals surface area (Å²) in [4.78, 5) is 17.1. The van der Waals surface area contributed by atoms with E-state index in [1.165, 1.54) is 17.1 Å². The fourth-order valence-electron chi connectivity index (χ4n) is 4.14. The Morgan fingerprint density at radius 2 is 2.03 bits per heavy atom. The van der Waals surface area contributed by atoms with Crippen molar-refractivity contribution in [2.75, 3.05) is 40.8 Å². The number of amides is 2. The maximum absolute atomic E-state index is 14.0. The first-order chi connectivity index (χ1) is 14.8. The summed E-state index contributed by atoms with van der Waals surface area (Å²) in [6.07, 6.45) is 0.830. The molecule has 2 amide bonds. The molecular weight excluding hydrogens is 399 g/mol. The van der Waals surface area contributed by atoms with Gasteiger partial charge in [0.15, 0.2) is 0 Å². The van der Waals surface area contributed by atoms with Crippen molar-refractivity contribution in [3.8, 4) is 11.5 Å². The van der Waals surface area contributed by atoms with Crippen molar-refractivity contribution in [3.63, 3.8) is 0 Å². The average Bonchev–Trinajstić information content (AvgIpc) is 3.13. The third kappa shape index (κ3) is 4.20. The second-order valence-electron chi connectivity index (χ2n) is 8.29. The van der Waals surface area contributed by atoms with Gasteiger partial charge in [-0.3, -0.25) is 0 Å². The standard InChI is InChI=1S/C23H27FN4O3/c1-26(2)10-5-11-27(3)23(30)28-22(15-6-4-7-17(29)12-15)19-14-31-20-9-8-16(24)13-18(20)21(19)25-28/h4,6-9,12-13,19,22,29H,5,10-11,14H2,1-3H3/t19-,22-/m0/s1. The highest BCUT2D eigenvalue weighted by Crippen LogP contribution is 2.43. The second kappa shape index (κ2) is 8.55. The van der Waals surface area contributed by atoms with Gasteiger partial charge in [-0.15, -0.1) is 0 Å². The number of urea groups is 1. The number of phenols is 1. The first-order valence-electron chi connectivity index (χ1n) is 10.3. The van der Waals surface area contributed by atoms with Crippen molar-refractivity contribution in [3.05, 3.63) is 59.4 Å². The molecule has 0 fully saturated rings. The zero-order chi connectivity index (χ0) is 22.1. The van der Waals surface area contributed by atoms with Crippen molar-refractivity contribution in [1.82, 2.24) is 14.8 Å². The highest BCUT2D eigenvalue weighted by Gasteiger charge is 2.46. The molecule has 2 atom stereocenters. The zero-order valence-electron chi connectivity index (χ0n) is 18.0. The number of rotatable bonds is 5. The third-order valence-corrected chi connectivity index (χ3v) is 5.68. The molecule has 2 heterocycles. The lowest BCUT2D eigenvalue weighted by molar-refractivity contribution is 0.132. The molecule has 0 bridgehead atoms. The van der Waals surface area contributed by atoms with Gasteiger partial charge in [0.2, 0.25) is 0 Å². The normalized spacial score (nSPS) is 19.5. The summed E-state index contributed by atoms with van der Waals surface area (Å²) in [6, 6.07) is 10.5. The molecule has 2 aliphatic heterocycles. The van der Waals surface area contributed by atoms with Crippen LogP contribution >= 0.6 is 0 Å². The Bertz CT molecular complexity index is 1010. The molecule has 0 aliphatic carbocycles. The SMILES string of the molecule is CN(C)CCCN(C)C(=O)N1N=C2c3cc(F)ccc3OC[C@@H]2[C@@H]1c1cccc(O)c1. The van der Waals surface area contributed by atoms with E-state index in [1.807, 2.05) is 20.2 Å². The number of carbonyl (C=O) groups excluding carboxylic acids is 1. The Hall–Kier alpha value is -3.13. The van der Waals surface area contributed by atoms with Crippen molar-refractivity contribution in [2.24, 2.45) is 11.0 Å². The number of fused-ring (bicyclic) bond motifs is 3. The van der Waals surface area contributed by atoms with Gasteiger partial charge in [-0.2, -0.15) is 5.10 Å². The fraction of sp³-hybridized carbons (Fsp3) is 0.391. The molecule has 0 unspecified atom stereocenters. The van der Waals surface area contributed by atoms with Gasteiger partial charge in [-0.25, -0.2) is 14.2 Å². The summed E-state index contributed by atoms with van der Waals surface area (Å²) in [5.74, 6) is 0.0148. The topological polar surface area (TPSA) is 68.6 Å². The van der Waals surface area contributed by atoms with E-state index in [2.05, 4.69) is 10.0 Å². The van der Waals surface area contributed by atoms with E-state index in [4.69, 9.17) is 4.74 Å². The van der Waals surface area contributed by atoms with Crippen LogP contribution in [-0.4, -0.2) is 72.5 Å². The molecule has 0 saturated carbocycles. The minimum Gasteiger partial charge on any atom is -0.508 e. The number of hydrogen-bond acceptors (Lipinski definition) is 5. The number of nitrogens with zero attached hydrogens (tertiary/aromatic N) is 4. The van der Waals surface area contributed by atoms with E-state index in [0.29, 0.717) is 30.2 Å². The number of hydrogen-bond donors (Lipinski definition) is 1. The van der Waals surface area contributed by atoms with Gasteiger partial charge in [0.05, 0.1) is 24.3 Å². The number of halogens is 1. The smallest absolute Gasteiger partial charge is 0.340 e. The molecule has 164 valence electrons. The molecular formula is C23H27FN4O3. The lowest BCUT2D eigenvalue weighted by Crippen LogP contribution is -2.41. The quantitative estimate of drug-likeness (QED) is 0.797. The summed E-state index contributed by atoms with van der Waals surface area (Å²) in [6.45, 7) is 1.76. The Balaban J connectivity index is 1.69. The monoisotopic (exact) mass is 426 g/mol. The molecule has 31 heavy (non-hydrogen) atoms. The highest BCUT2D eigenvalue weighted by molar-refractivity contribution is 6.07. The molecule has 0 aromatic heterocycles. The minimum absolute atomic E-state index is 0.112. The summed E-state index contributed by atoms with van der Waals surface area (Å²) in [5, 5.41) is 16.1. The van der Waals surface area contributed by atoms with Gasteiger partial charge < -0.3 is 19.6 Å². The number of carbonyl (C=O) groups is 1. The molecule has 0 radical (unpaired) electrons. The predicted octanol–water partition coefficient (Wildman–Crippen LogP) is 3.30. The first-order valence-corrected chi connectivity index (χ1v) is 10.3. The van der Waals surface area contributed by atoms with Crippen molar-refractivity contribution >= 4 is 11.7 Å². The summed E-state index contributed by atoms with van der Waals surface area (Å²) < 4.78 is 19.9. The molecule has 8 heteroatoms. The maximum Gasteiger partial charge on any atom is 0.340 e. The van der Waals surface area contributed by atoms with Gasteiger partial charge in [0, 0.05) is 19.2 Å². The molecule has 2 aliphatic rings. The van der Waals surface area contributed by atoms with Gasteiger partial charge in [-0.1, -0.05) is 12.1 Å². The lowest BCUT2D eigenvalue weighted by atomic mass is 9.86. The van der Waals surface area contributed by atoms with Crippen LogP contribution < -0.4 is 4.74 Å². The van der Waals surface area contributed by atoms with Crippen LogP contribution in [0.3, 0.4) is 0 Å². The van der Waals surface area contributed by atoms with Crippen LogP contribution in [0.1, 0.15) is 23.6 Å². The Morgan fingerprint density at radius 3 is 2.77 bits per heavy atom. The Morgan fingerprint density at radius 1 is 1.23 bits per heavy atom. The molecule has 2 aromatic rings. The van der Waals surface area contributed by atoms with Crippen LogP contribution in [0.15, 0.2) is 47.6 Å². The minimum atomic E-state index is -0.456. The maximum atomic E-state index is 14.0. The molecule has 4 rings (SSSR count). The van der Waals surface area contributed by atoms with Gasteiger partial charge in [-0.05, 0) is 63.0 Å². The van der Waals surface area contributed by atoms with E-state index in [9.17, 15) is 14.3 Å². The van der Waals surface area contributed by atoms with Crippen molar-refractivity contribution in [2.45, 2.75) is 12.5 Å². The molecule has 2 aromatic carbocycles. The van der Waals surface area contributed by atoms with E-state index >= 15 is 0 Å². The molecule has 1 N–H and O–H groups in total. The molecule has 7 nitrogen and oxygen atoms in total. The predicted molar refractivity (Wildman–Crippen MR) is 116 cm³/mol. The third-order valence-electron chi connectivity index (χ3n) is 5.68. The Labute approximate surface area is 181 Å². The Kier molecular flexibility index (Phi) is 5.82. The largest absolute Gasteiger partial charge is 0.508 e. The van der Waals surface area contributed by atoms with E-state index in [1.54, 1.807) is 36.2 Å². The number of aromatic hydroxyl groups is 1. The van der Waals surface area contributed by atoms with Gasteiger partial charge in [0.25, 0.3) is 0 Å². The van der Waals surface area contributed by atoms with Crippen LogP contribution in [-0.2, 0) is 0 Å². The van der Waals surface area contributed by atoms with E-state index in [-0.39, 0.29) is 23.5 Å². The van der Waals surface area contributed by atoms with Gasteiger partial charge >= 0.3 is 6.03 Å². The highest BCUT2D eigenvalue weighted by atomic mass is 19.1. The zero-order valence-corrected chi connectivity index (χ0v) is 18.0. The van der Waals surface area contributed by atoms with Crippen LogP contribution in [0.5, 0.6) is 11.5 Å².